The van der Waals surface area contributed by atoms with Crippen molar-refractivity contribution in [3.05, 3.63) is 48.0 Å². The molecule has 4 rings (SSSR count). The van der Waals surface area contributed by atoms with Crippen LogP contribution in [0.5, 0.6) is 0 Å². The molecule has 0 atom stereocenters. The number of carbonyl (C=O) groups excluding carboxylic acids is 2. The first-order valence-corrected chi connectivity index (χ1v) is 11.6. The highest BCUT2D eigenvalue weighted by molar-refractivity contribution is 7.89. The van der Waals surface area contributed by atoms with Crippen molar-refractivity contribution < 1.29 is 27.2 Å². The number of likely N-dealkylation sites (tertiary alicyclic amines) is 1. The number of hydrogen-bond donors (Lipinski definition) is 1. The molecule has 31 heavy (non-hydrogen) atoms. The van der Waals surface area contributed by atoms with Gasteiger partial charge >= 0.3 is 0 Å². The van der Waals surface area contributed by atoms with Gasteiger partial charge < -0.3 is 19.4 Å². The monoisotopic (exact) mass is 448 g/mol. The molecule has 1 N–H and O–H groups in total. The summed E-state index contributed by atoms with van der Waals surface area (Å²) in [4.78, 5) is 30.7. The number of nitrogens with zero attached hydrogens (tertiary/aromatic N) is 3. The Bertz CT molecular complexity index is 1020. The van der Waals surface area contributed by atoms with E-state index < -0.39 is 15.9 Å². The van der Waals surface area contributed by atoms with Gasteiger partial charge in [0, 0.05) is 50.2 Å². The minimum absolute atomic E-state index is 0.0536. The zero-order valence-electron chi connectivity index (χ0n) is 16.9. The van der Waals surface area contributed by atoms with Gasteiger partial charge in [-0.3, -0.25) is 14.6 Å². The van der Waals surface area contributed by atoms with Crippen LogP contribution in [0.3, 0.4) is 0 Å². The molecule has 2 aliphatic rings. The molecule has 0 radical (unpaired) electrons. The van der Waals surface area contributed by atoms with Gasteiger partial charge in [-0.05, 0) is 37.1 Å². The van der Waals surface area contributed by atoms with Crippen molar-refractivity contribution in [2.24, 2.45) is 0 Å². The predicted molar refractivity (Wildman–Crippen MR) is 109 cm³/mol. The van der Waals surface area contributed by atoms with E-state index in [2.05, 4.69) is 10.3 Å². The number of nitrogens with one attached hydrogen (secondary N) is 1. The van der Waals surface area contributed by atoms with Crippen LogP contribution in [0.4, 0.5) is 0 Å². The Morgan fingerprint density at radius 2 is 1.68 bits per heavy atom. The van der Waals surface area contributed by atoms with Crippen molar-refractivity contribution in [3.63, 3.8) is 0 Å². The van der Waals surface area contributed by atoms with Gasteiger partial charge in [-0.2, -0.15) is 4.31 Å². The van der Waals surface area contributed by atoms with E-state index in [1.165, 1.54) is 16.4 Å². The molecule has 0 aromatic carbocycles. The molecule has 0 bridgehead atoms. The Balaban J connectivity index is 1.32. The predicted octanol–water partition coefficient (Wildman–Crippen LogP) is 0.730. The second-order valence-corrected chi connectivity index (χ2v) is 9.28. The van der Waals surface area contributed by atoms with Crippen LogP contribution in [0, 0.1) is 0 Å². The minimum Gasteiger partial charge on any atom is -0.438 e. The van der Waals surface area contributed by atoms with Crippen LogP contribution in [0.1, 0.15) is 33.8 Å². The van der Waals surface area contributed by atoms with Crippen molar-refractivity contribution in [2.45, 2.75) is 24.0 Å². The van der Waals surface area contributed by atoms with Crippen LogP contribution in [-0.2, 0) is 14.8 Å². The van der Waals surface area contributed by atoms with E-state index in [9.17, 15) is 18.0 Å². The van der Waals surface area contributed by atoms with Crippen LogP contribution in [0.2, 0.25) is 0 Å². The van der Waals surface area contributed by atoms with Gasteiger partial charge in [0.2, 0.25) is 5.09 Å². The Morgan fingerprint density at radius 1 is 1.00 bits per heavy atom. The third-order valence-electron chi connectivity index (χ3n) is 5.41. The van der Waals surface area contributed by atoms with E-state index in [0.717, 1.165) is 0 Å². The van der Waals surface area contributed by atoms with Gasteiger partial charge in [-0.15, -0.1) is 0 Å². The highest BCUT2D eigenvalue weighted by Crippen LogP contribution is 2.21. The molecule has 0 saturated carbocycles. The lowest BCUT2D eigenvalue weighted by atomic mass is 10.0. The molecule has 166 valence electrons. The summed E-state index contributed by atoms with van der Waals surface area (Å²) in [7, 11) is -3.79. The Kier molecular flexibility index (Phi) is 6.35. The number of furan rings is 1. The van der Waals surface area contributed by atoms with Crippen molar-refractivity contribution >= 4 is 21.8 Å². The van der Waals surface area contributed by atoms with Gasteiger partial charge in [0.15, 0.2) is 5.76 Å². The first-order valence-electron chi connectivity index (χ1n) is 10.1. The van der Waals surface area contributed by atoms with Crippen LogP contribution in [-0.4, -0.2) is 79.9 Å². The molecule has 11 heteroatoms. The summed E-state index contributed by atoms with van der Waals surface area (Å²) in [5.41, 5.74) is 0.585. The van der Waals surface area contributed by atoms with E-state index >= 15 is 0 Å². The van der Waals surface area contributed by atoms with E-state index in [1.807, 2.05) is 0 Å². The maximum absolute atomic E-state index is 12.6. The fraction of sp³-hybridized carbons (Fsp3) is 0.450. The maximum atomic E-state index is 12.6. The maximum Gasteiger partial charge on any atom is 0.287 e. The SMILES string of the molecule is O=C(NC1CCN(C(=O)c2ccncc2)CC1)c1ccc(S(=O)(=O)N2CCOCC2)o1. The standard InChI is InChI=1S/C20H24N4O6S/c25-19(17-1-2-18(30-17)31(27,28)24-11-13-29-14-12-24)22-16-5-9-23(10-6-16)20(26)15-3-7-21-8-4-15/h1-4,7-8,16H,5-6,9-14H2,(H,22,25). The number of morpholine rings is 1. The number of hydrogen-bond acceptors (Lipinski definition) is 7. The third kappa shape index (κ3) is 4.78. The van der Waals surface area contributed by atoms with E-state index in [1.54, 1.807) is 29.4 Å². The average molecular weight is 449 g/mol. The van der Waals surface area contributed by atoms with E-state index in [-0.39, 0.29) is 35.9 Å². The largest absolute Gasteiger partial charge is 0.438 e. The molecule has 0 aliphatic carbocycles. The highest BCUT2D eigenvalue weighted by atomic mass is 32.2. The summed E-state index contributed by atoms with van der Waals surface area (Å²) < 4.78 is 37.1. The summed E-state index contributed by atoms with van der Waals surface area (Å²) in [6, 6.07) is 5.89. The summed E-state index contributed by atoms with van der Waals surface area (Å²) in [6.07, 6.45) is 4.36. The van der Waals surface area contributed by atoms with Gasteiger partial charge in [0.1, 0.15) is 0 Å². The van der Waals surface area contributed by atoms with Gasteiger partial charge in [-0.25, -0.2) is 8.42 Å². The van der Waals surface area contributed by atoms with E-state index in [0.29, 0.717) is 44.7 Å². The molecular weight excluding hydrogens is 424 g/mol. The van der Waals surface area contributed by atoms with Crippen LogP contribution in [0.15, 0.2) is 46.2 Å². The molecule has 4 heterocycles. The topological polar surface area (TPSA) is 122 Å². The molecule has 0 unspecified atom stereocenters. The molecule has 2 aromatic rings. The van der Waals surface area contributed by atoms with Gasteiger partial charge in [0.25, 0.3) is 21.8 Å². The number of carbonyl (C=O) groups is 2. The minimum atomic E-state index is -3.79. The lowest BCUT2D eigenvalue weighted by Gasteiger charge is -2.32. The zero-order valence-corrected chi connectivity index (χ0v) is 17.7. The molecule has 2 aromatic heterocycles. The number of sulfonamides is 1. The fourth-order valence-electron chi connectivity index (χ4n) is 3.66. The van der Waals surface area contributed by atoms with Crippen molar-refractivity contribution in [1.29, 1.82) is 0 Å². The molecule has 0 spiro atoms. The first kappa shape index (κ1) is 21.5. The second kappa shape index (κ2) is 9.16. The number of ether oxygens (including phenoxy) is 1. The van der Waals surface area contributed by atoms with Crippen molar-refractivity contribution in [3.8, 4) is 0 Å². The Morgan fingerprint density at radius 3 is 2.35 bits per heavy atom. The second-order valence-electron chi connectivity index (χ2n) is 7.41. The van der Waals surface area contributed by atoms with E-state index in [4.69, 9.17) is 9.15 Å². The van der Waals surface area contributed by atoms with Crippen molar-refractivity contribution in [2.75, 3.05) is 39.4 Å². The van der Waals surface area contributed by atoms with Gasteiger partial charge in [-0.1, -0.05) is 0 Å². The number of pyridine rings is 1. The van der Waals surface area contributed by atoms with Crippen LogP contribution < -0.4 is 5.32 Å². The highest BCUT2D eigenvalue weighted by Gasteiger charge is 2.31. The lowest BCUT2D eigenvalue weighted by Crippen LogP contribution is -2.46. The lowest BCUT2D eigenvalue weighted by molar-refractivity contribution is 0.0693. The number of aromatic nitrogens is 1. The summed E-state index contributed by atoms with van der Waals surface area (Å²) in [5, 5.41) is 2.62. The van der Waals surface area contributed by atoms with Crippen molar-refractivity contribution in [1.82, 2.24) is 19.5 Å². The van der Waals surface area contributed by atoms with Crippen LogP contribution >= 0.6 is 0 Å². The zero-order chi connectivity index (χ0) is 21.8. The van der Waals surface area contributed by atoms with Crippen LogP contribution in [0.25, 0.3) is 0 Å². The third-order valence-corrected chi connectivity index (χ3v) is 7.19. The quantitative estimate of drug-likeness (QED) is 0.715. The summed E-state index contributed by atoms with van der Waals surface area (Å²) in [6.45, 7) is 2.19. The summed E-state index contributed by atoms with van der Waals surface area (Å²) in [5.74, 6) is -0.583. The smallest absolute Gasteiger partial charge is 0.287 e. The fourth-order valence-corrected chi connectivity index (χ4v) is 4.97. The summed E-state index contributed by atoms with van der Waals surface area (Å²) >= 11 is 0. The Hall–Kier alpha value is -2.76. The molecular formula is C20H24N4O6S. The molecule has 2 amide bonds. The first-order chi connectivity index (χ1) is 14.9. The molecule has 2 saturated heterocycles. The average Bonchev–Trinajstić information content (AvgIpc) is 3.32. The number of piperidine rings is 1. The Labute approximate surface area is 180 Å². The van der Waals surface area contributed by atoms with Gasteiger partial charge in [0.05, 0.1) is 13.2 Å². The molecule has 2 aliphatic heterocycles. The normalized spacial score (nSPS) is 18.6. The number of rotatable bonds is 5. The molecule has 10 nitrogen and oxygen atoms in total. The molecule has 2 fully saturated rings. The number of amides is 2.